The number of hydrogen-bond donors (Lipinski definition) is 1. The van der Waals surface area contributed by atoms with Crippen LogP contribution < -0.4 is 5.32 Å². The molecule has 1 heterocycles. The smallest absolute Gasteiger partial charge is 0.249 e. The minimum atomic E-state index is -0.585. The van der Waals surface area contributed by atoms with Gasteiger partial charge in [-0.15, -0.1) is 0 Å². The van der Waals surface area contributed by atoms with Gasteiger partial charge in [-0.2, -0.15) is 0 Å². The van der Waals surface area contributed by atoms with Crippen molar-refractivity contribution in [3.8, 4) is 0 Å². The molecule has 1 saturated heterocycles. The maximum atomic E-state index is 13.3. The van der Waals surface area contributed by atoms with E-state index in [2.05, 4.69) is 51.8 Å². The Hall–Kier alpha value is -1.89. The van der Waals surface area contributed by atoms with Crippen LogP contribution in [0.5, 0.6) is 0 Å². The second-order valence-corrected chi connectivity index (χ2v) is 11.7. The number of likely N-dealkylation sites (tertiary alicyclic amines) is 1. The van der Waals surface area contributed by atoms with Crippen molar-refractivity contribution in [3.63, 3.8) is 0 Å². The van der Waals surface area contributed by atoms with Crippen molar-refractivity contribution in [2.45, 2.75) is 138 Å². The molecule has 0 radical (unpaired) electrons. The normalized spacial score (nSPS) is 16.9. The second-order valence-electron chi connectivity index (χ2n) is 11.7. The molecule has 1 aliphatic heterocycles. The Morgan fingerprint density at radius 3 is 2.13 bits per heavy atom. The Balaban J connectivity index is 0.00000458. The second kappa shape index (κ2) is 20.9. The number of nitrogens with zero attached hydrogens (tertiary/aromatic N) is 3. The van der Waals surface area contributed by atoms with Crippen LogP contribution in [0.2, 0.25) is 0 Å². The zero-order valence-electron chi connectivity index (χ0n) is 27.1. The first-order chi connectivity index (χ1) is 18.5. The summed E-state index contributed by atoms with van der Waals surface area (Å²) in [5.41, 5.74) is 0.665. The van der Waals surface area contributed by atoms with Gasteiger partial charge in [-0.3, -0.25) is 19.3 Å². The Morgan fingerprint density at radius 2 is 1.59 bits per heavy atom. The molecular weight excluding hydrogens is 488 g/mol. The fraction of sp³-hybridized carbons (Fsp3) is 0.844. The third-order valence-electron chi connectivity index (χ3n) is 7.19. The largest absolute Gasteiger partial charge is 0.343 e. The van der Waals surface area contributed by atoms with Crippen LogP contribution in [0, 0.1) is 5.92 Å². The molecule has 0 spiro atoms. The first-order valence-corrected chi connectivity index (χ1v) is 15.7. The van der Waals surface area contributed by atoms with E-state index in [9.17, 15) is 14.4 Å². The third-order valence-corrected chi connectivity index (χ3v) is 7.19. The Bertz CT molecular complexity index is 735. The lowest BCUT2D eigenvalue weighted by atomic mass is 9.97. The average molecular weight is 551 g/mol. The molecule has 7 heteroatoms. The summed E-state index contributed by atoms with van der Waals surface area (Å²) in [5, 5.41) is 3.06. The van der Waals surface area contributed by atoms with Gasteiger partial charge in [0.05, 0.1) is 6.04 Å². The summed E-state index contributed by atoms with van der Waals surface area (Å²) in [5.74, 6) is -0.153. The van der Waals surface area contributed by atoms with Gasteiger partial charge in [0, 0.05) is 38.3 Å². The molecule has 0 bridgehead atoms. The average Bonchev–Trinajstić information content (AvgIpc) is 2.91. The summed E-state index contributed by atoms with van der Waals surface area (Å²) in [6, 6.07) is -0.473. The maximum Gasteiger partial charge on any atom is 0.249 e. The van der Waals surface area contributed by atoms with Crippen molar-refractivity contribution in [1.82, 2.24) is 20.0 Å². The van der Waals surface area contributed by atoms with E-state index in [1.54, 1.807) is 11.9 Å². The Kier molecular flexibility index (Phi) is 19.9. The van der Waals surface area contributed by atoms with E-state index < -0.39 is 6.04 Å². The molecule has 39 heavy (non-hydrogen) atoms. The third kappa shape index (κ3) is 13.8. The van der Waals surface area contributed by atoms with E-state index in [1.807, 2.05) is 31.7 Å². The lowest BCUT2D eigenvalue weighted by Gasteiger charge is -2.38. The molecule has 1 N–H and O–H groups in total. The highest BCUT2D eigenvalue weighted by molar-refractivity contribution is 5.93. The highest BCUT2D eigenvalue weighted by atomic mass is 16.2. The lowest BCUT2D eigenvalue weighted by Crippen LogP contribution is -2.57. The van der Waals surface area contributed by atoms with E-state index in [0.717, 1.165) is 58.2 Å². The summed E-state index contributed by atoms with van der Waals surface area (Å²) >= 11 is 0. The first-order valence-electron chi connectivity index (χ1n) is 15.7. The fourth-order valence-electron chi connectivity index (χ4n) is 4.87. The van der Waals surface area contributed by atoms with Crippen LogP contribution in [-0.4, -0.2) is 83.8 Å². The quantitative estimate of drug-likeness (QED) is 0.200. The predicted molar refractivity (Wildman–Crippen MR) is 165 cm³/mol. The summed E-state index contributed by atoms with van der Waals surface area (Å²) < 4.78 is 0. The predicted octanol–water partition coefficient (Wildman–Crippen LogP) is 6.03. The van der Waals surface area contributed by atoms with Crippen LogP contribution in [0.4, 0.5) is 0 Å². The topological polar surface area (TPSA) is 73.0 Å². The van der Waals surface area contributed by atoms with Crippen molar-refractivity contribution in [2.24, 2.45) is 5.92 Å². The highest BCUT2D eigenvalue weighted by Gasteiger charge is 2.34. The van der Waals surface area contributed by atoms with Crippen molar-refractivity contribution in [1.29, 1.82) is 0 Å². The number of carbonyl (C=O) groups is 3. The van der Waals surface area contributed by atoms with Crippen molar-refractivity contribution in [3.05, 3.63) is 11.6 Å². The van der Waals surface area contributed by atoms with E-state index in [4.69, 9.17) is 0 Å². The molecule has 3 amide bonds. The maximum absolute atomic E-state index is 13.3. The van der Waals surface area contributed by atoms with Gasteiger partial charge in [0.15, 0.2) is 0 Å². The van der Waals surface area contributed by atoms with Crippen LogP contribution in [-0.2, 0) is 14.4 Å². The van der Waals surface area contributed by atoms with Gasteiger partial charge in [-0.1, -0.05) is 79.7 Å². The molecule has 2 atom stereocenters. The molecule has 0 aromatic rings. The van der Waals surface area contributed by atoms with Crippen LogP contribution >= 0.6 is 0 Å². The number of unbranched alkanes of at least 4 members (excludes halogenated alkanes) is 3. The number of piperidine rings is 1. The van der Waals surface area contributed by atoms with Crippen LogP contribution in [0.25, 0.3) is 0 Å². The van der Waals surface area contributed by atoms with Gasteiger partial charge < -0.3 is 15.1 Å². The zero-order chi connectivity index (χ0) is 30.0. The van der Waals surface area contributed by atoms with Crippen LogP contribution in [0.3, 0.4) is 0 Å². The monoisotopic (exact) mass is 550 g/mol. The van der Waals surface area contributed by atoms with Gasteiger partial charge >= 0.3 is 0 Å². The molecule has 0 aromatic heterocycles. The summed E-state index contributed by atoms with van der Waals surface area (Å²) in [4.78, 5) is 45.3. The van der Waals surface area contributed by atoms with Gasteiger partial charge in [0.2, 0.25) is 17.7 Å². The number of carbonyl (C=O) groups excluding carboxylic acids is 3. The number of amides is 3. The molecule has 1 fully saturated rings. The lowest BCUT2D eigenvalue weighted by molar-refractivity contribution is -0.138. The van der Waals surface area contributed by atoms with Gasteiger partial charge in [0.1, 0.15) is 6.04 Å². The van der Waals surface area contributed by atoms with Gasteiger partial charge in [-0.05, 0) is 58.9 Å². The summed E-state index contributed by atoms with van der Waals surface area (Å²) in [6.45, 7) is 21.3. The van der Waals surface area contributed by atoms with Crippen LogP contribution in [0.15, 0.2) is 11.6 Å². The van der Waals surface area contributed by atoms with Crippen LogP contribution in [0.1, 0.15) is 120 Å². The van der Waals surface area contributed by atoms with Crippen molar-refractivity contribution in [2.75, 3.05) is 33.2 Å². The zero-order valence-corrected chi connectivity index (χ0v) is 27.1. The minimum absolute atomic E-state index is 0.0325. The molecular formula is C32H62N4O3. The Labute approximate surface area is 241 Å². The molecule has 2 unspecified atom stereocenters. The van der Waals surface area contributed by atoms with E-state index >= 15 is 0 Å². The summed E-state index contributed by atoms with van der Waals surface area (Å²) in [6.07, 6.45) is 11.5. The van der Waals surface area contributed by atoms with Crippen molar-refractivity contribution < 1.29 is 14.4 Å². The standard InChI is InChI=1S/C29H54N4O3.C3H8/c1-9-11-12-14-19-32(18-10-2)28(35)24(7)17-21-31(8)29(36)26(22(3)4)30-27(34)25-16-13-15-20-33(25)23(5)6;1-3-2/h17,22-23,25-26H,9-16,18-21H2,1-8H3,(H,30,34);3H2,1-2H3/b24-17+;. The van der Waals surface area contributed by atoms with Gasteiger partial charge in [-0.25, -0.2) is 0 Å². The highest BCUT2D eigenvalue weighted by Crippen LogP contribution is 2.20. The van der Waals surface area contributed by atoms with E-state index in [-0.39, 0.29) is 29.7 Å². The SMILES string of the molecule is CCC.CCCCCCN(CCC)C(=O)/C(C)=C/CN(C)C(=O)C(NC(=O)C1CCCCN1C(C)C)C(C)C. The molecule has 1 rings (SSSR count). The molecule has 1 aliphatic rings. The minimum Gasteiger partial charge on any atom is -0.343 e. The summed E-state index contributed by atoms with van der Waals surface area (Å²) in [7, 11) is 1.74. The number of likely N-dealkylation sites (N-methyl/N-ethyl adjacent to an activating group) is 1. The molecule has 0 aliphatic carbocycles. The number of hydrogen-bond acceptors (Lipinski definition) is 4. The van der Waals surface area contributed by atoms with E-state index in [0.29, 0.717) is 18.2 Å². The molecule has 0 aromatic carbocycles. The van der Waals surface area contributed by atoms with E-state index in [1.165, 1.54) is 19.3 Å². The first kappa shape index (κ1) is 37.1. The Morgan fingerprint density at radius 1 is 0.949 bits per heavy atom. The van der Waals surface area contributed by atoms with Crippen molar-refractivity contribution >= 4 is 17.7 Å². The molecule has 228 valence electrons. The number of nitrogens with one attached hydrogen (secondary N) is 1. The fourth-order valence-corrected chi connectivity index (χ4v) is 4.87. The molecule has 7 nitrogen and oxygen atoms in total. The molecule has 0 saturated carbocycles. The number of rotatable bonds is 15. The van der Waals surface area contributed by atoms with Gasteiger partial charge in [0.25, 0.3) is 0 Å².